The number of rotatable bonds is 4. The van der Waals surface area contributed by atoms with Crippen molar-refractivity contribution < 1.29 is 18.0 Å². The van der Waals surface area contributed by atoms with Gasteiger partial charge in [0.25, 0.3) is 5.56 Å². The number of nitrogens with zero attached hydrogens (tertiary/aromatic N) is 2. The van der Waals surface area contributed by atoms with E-state index in [1.807, 2.05) is 5.10 Å². The fourth-order valence-corrected chi connectivity index (χ4v) is 4.63. The van der Waals surface area contributed by atoms with E-state index in [1.54, 1.807) is 7.05 Å². The van der Waals surface area contributed by atoms with E-state index in [2.05, 4.69) is 5.10 Å². The highest BCUT2D eigenvalue weighted by molar-refractivity contribution is 5.76. The van der Waals surface area contributed by atoms with Gasteiger partial charge in [-0.15, -0.1) is 0 Å². The number of alkyl halides is 3. The van der Waals surface area contributed by atoms with Crippen LogP contribution in [0.1, 0.15) is 87.1 Å². The zero-order valence-corrected chi connectivity index (χ0v) is 16.3. The van der Waals surface area contributed by atoms with E-state index in [1.165, 1.54) is 37.0 Å². The molecule has 1 atom stereocenters. The van der Waals surface area contributed by atoms with Crippen molar-refractivity contribution in [2.45, 2.75) is 82.8 Å². The summed E-state index contributed by atoms with van der Waals surface area (Å²) in [7, 11) is 1.63. The van der Waals surface area contributed by atoms with Crippen LogP contribution in [0.3, 0.4) is 0 Å². The molecule has 1 fully saturated rings. The van der Waals surface area contributed by atoms with E-state index < -0.39 is 23.3 Å². The van der Waals surface area contributed by atoms with Gasteiger partial charge in [-0.25, -0.2) is 5.10 Å². The summed E-state index contributed by atoms with van der Waals surface area (Å²) < 4.78 is 39.8. The number of aromatic amines is 1. The topological polar surface area (TPSA) is 66.1 Å². The molecule has 2 aliphatic rings. The number of halogens is 3. The van der Waals surface area contributed by atoms with Crippen LogP contribution < -0.4 is 5.56 Å². The van der Waals surface area contributed by atoms with Gasteiger partial charge >= 0.3 is 6.18 Å². The molecule has 0 aromatic carbocycles. The molecule has 1 saturated carbocycles. The van der Waals surface area contributed by atoms with E-state index >= 15 is 0 Å². The largest absolute Gasteiger partial charge is 0.422 e. The first-order valence-corrected chi connectivity index (χ1v) is 10.2. The molecular formula is C20H28F3N3O2. The van der Waals surface area contributed by atoms with Crippen molar-refractivity contribution >= 4 is 5.91 Å². The molecule has 1 N–H and O–H groups in total. The molecule has 1 heterocycles. The Kier molecular flexibility index (Phi) is 6.45. The second kappa shape index (κ2) is 8.66. The van der Waals surface area contributed by atoms with E-state index in [0.717, 1.165) is 19.3 Å². The Bertz CT molecular complexity index is 752. The molecule has 0 spiro atoms. The molecule has 1 aromatic heterocycles. The van der Waals surface area contributed by atoms with Gasteiger partial charge in [-0.3, -0.25) is 9.59 Å². The smallest absolute Gasteiger partial charge is 0.337 e. The average molecular weight is 399 g/mol. The van der Waals surface area contributed by atoms with Gasteiger partial charge in [0.05, 0.1) is 11.7 Å². The number of H-pyrrole nitrogens is 1. The Morgan fingerprint density at radius 3 is 2.43 bits per heavy atom. The van der Waals surface area contributed by atoms with Crippen LogP contribution in [0.5, 0.6) is 0 Å². The van der Waals surface area contributed by atoms with E-state index in [9.17, 15) is 22.8 Å². The first-order valence-electron chi connectivity index (χ1n) is 10.2. The number of hydrogen-bond donors (Lipinski definition) is 1. The number of carbonyl (C=O) groups is 1. The lowest BCUT2D eigenvalue weighted by atomic mass is 9.88. The van der Waals surface area contributed by atoms with Crippen molar-refractivity contribution in [1.82, 2.24) is 15.1 Å². The second-order valence-electron chi connectivity index (χ2n) is 8.10. The minimum Gasteiger partial charge on any atom is -0.337 e. The van der Waals surface area contributed by atoms with Crippen LogP contribution in [0.4, 0.5) is 13.2 Å². The minimum atomic E-state index is -4.73. The molecule has 8 heteroatoms. The van der Waals surface area contributed by atoms with Gasteiger partial charge < -0.3 is 4.90 Å². The van der Waals surface area contributed by atoms with Crippen LogP contribution in [0.2, 0.25) is 0 Å². The van der Waals surface area contributed by atoms with Crippen molar-refractivity contribution in [3.8, 4) is 0 Å². The summed E-state index contributed by atoms with van der Waals surface area (Å²) in [6, 6.07) is -0.516. The number of hydrogen-bond acceptors (Lipinski definition) is 3. The normalized spacial score (nSPS) is 21.1. The summed E-state index contributed by atoms with van der Waals surface area (Å²) in [5.74, 6) is 0.487. The first kappa shape index (κ1) is 20.9. The highest BCUT2D eigenvalue weighted by Crippen LogP contribution is 2.39. The van der Waals surface area contributed by atoms with Crippen molar-refractivity contribution in [1.29, 1.82) is 0 Å². The van der Waals surface area contributed by atoms with Gasteiger partial charge in [-0.05, 0) is 30.7 Å². The average Bonchev–Trinajstić information content (AvgIpc) is 3.02. The van der Waals surface area contributed by atoms with Crippen LogP contribution in [0.15, 0.2) is 4.79 Å². The molecule has 1 amide bonds. The molecular weight excluding hydrogens is 371 g/mol. The molecule has 2 aliphatic carbocycles. The zero-order valence-electron chi connectivity index (χ0n) is 16.3. The molecule has 0 radical (unpaired) electrons. The summed E-state index contributed by atoms with van der Waals surface area (Å²) in [6.45, 7) is 0. The predicted molar refractivity (Wildman–Crippen MR) is 98.7 cm³/mol. The third-order valence-corrected chi connectivity index (χ3v) is 6.23. The summed E-state index contributed by atoms with van der Waals surface area (Å²) in [5, 5.41) is 5.82. The molecule has 0 aliphatic heterocycles. The second-order valence-corrected chi connectivity index (χ2v) is 8.10. The number of amides is 1. The number of nitrogens with one attached hydrogen (secondary N) is 1. The molecule has 0 saturated heterocycles. The Morgan fingerprint density at radius 2 is 1.79 bits per heavy atom. The standard InChI is InChI=1S/C20H28F3N3O2/c1-26(16(27)12-9-13-7-5-3-2-4-6-8-13)15-11-10-14-17(20(21,22)23)19(28)25-24-18(14)15/h13,15H,2-12H2,1H3,(H,25,28). The monoisotopic (exact) mass is 399 g/mol. The van der Waals surface area contributed by atoms with Crippen LogP contribution in [-0.4, -0.2) is 28.1 Å². The molecule has 1 aromatic rings. The molecule has 1 unspecified atom stereocenters. The summed E-state index contributed by atoms with van der Waals surface area (Å²) in [6.07, 6.45) is 5.51. The molecule has 3 rings (SSSR count). The maximum absolute atomic E-state index is 13.3. The van der Waals surface area contributed by atoms with Crippen LogP contribution >= 0.6 is 0 Å². The number of aromatic nitrogens is 2. The number of fused-ring (bicyclic) bond motifs is 1. The first-order chi connectivity index (χ1) is 13.3. The highest BCUT2D eigenvalue weighted by Gasteiger charge is 2.42. The van der Waals surface area contributed by atoms with Gasteiger partial charge in [-0.2, -0.15) is 18.3 Å². The minimum absolute atomic E-state index is 0.0681. The highest BCUT2D eigenvalue weighted by atomic mass is 19.4. The molecule has 156 valence electrons. The Hall–Kier alpha value is -1.86. The van der Waals surface area contributed by atoms with E-state index in [4.69, 9.17) is 0 Å². The third-order valence-electron chi connectivity index (χ3n) is 6.23. The van der Waals surface area contributed by atoms with Crippen LogP contribution in [0, 0.1) is 5.92 Å². The molecule has 0 bridgehead atoms. The zero-order chi connectivity index (χ0) is 20.3. The van der Waals surface area contributed by atoms with Gasteiger partial charge in [-0.1, -0.05) is 44.9 Å². The maximum atomic E-state index is 13.3. The fraction of sp³-hybridized carbons (Fsp3) is 0.750. The molecule has 28 heavy (non-hydrogen) atoms. The summed E-state index contributed by atoms with van der Waals surface area (Å²) >= 11 is 0. The lowest BCUT2D eigenvalue weighted by Crippen LogP contribution is -2.32. The van der Waals surface area contributed by atoms with Crippen molar-refractivity contribution in [3.63, 3.8) is 0 Å². The van der Waals surface area contributed by atoms with Gasteiger partial charge in [0.2, 0.25) is 5.91 Å². The Morgan fingerprint density at radius 1 is 1.14 bits per heavy atom. The van der Waals surface area contributed by atoms with Gasteiger partial charge in [0, 0.05) is 13.5 Å². The predicted octanol–water partition coefficient (Wildman–Crippen LogP) is 4.38. The van der Waals surface area contributed by atoms with Gasteiger partial charge in [0.15, 0.2) is 0 Å². The summed E-state index contributed by atoms with van der Waals surface area (Å²) in [5.41, 5.74) is -2.28. The Balaban J connectivity index is 1.67. The van der Waals surface area contributed by atoms with Gasteiger partial charge in [0.1, 0.15) is 5.56 Å². The summed E-state index contributed by atoms with van der Waals surface area (Å²) in [4.78, 5) is 25.9. The Labute approximate surface area is 162 Å². The SMILES string of the molecule is CN(C(=O)CCC1CCCCCCC1)C1CCc2c1n[nH]c(=O)c2C(F)(F)F. The van der Waals surface area contributed by atoms with Crippen LogP contribution in [-0.2, 0) is 17.4 Å². The van der Waals surface area contributed by atoms with Crippen LogP contribution in [0.25, 0.3) is 0 Å². The fourth-order valence-electron chi connectivity index (χ4n) is 4.63. The van der Waals surface area contributed by atoms with Crippen molar-refractivity contribution in [2.75, 3.05) is 7.05 Å². The molecule has 5 nitrogen and oxygen atoms in total. The quantitative estimate of drug-likeness (QED) is 0.817. The number of carbonyl (C=O) groups excluding carboxylic acids is 1. The van der Waals surface area contributed by atoms with Crippen molar-refractivity contribution in [2.24, 2.45) is 5.92 Å². The lowest BCUT2D eigenvalue weighted by molar-refractivity contribution is -0.139. The third kappa shape index (κ3) is 4.58. The lowest BCUT2D eigenvalue weighted by Gasteiger charge is -2.26. The van der Waals surface area contributed by atoms with E-state index in [-0.39, 0.29) is 23.6 Å². The van der Waals surface area contributed by atoms with E-state index in [0.29, 0.717) is 18.8 Å². The van der Waals surface area contributed by atoms with Crippen molar-refractivity contribution in [3.05, 3.63) is 27.2 Å². The maximum Gasteiger partial charge on any atom is 0.422 e.